The Morgan fingerprint density at radius 1 is 1.00 bits per heavy atom. The van der Waals surface area contributed by atoms with E-state index in [0.29, 0.717) is 22.8 Å². The molecule has 0 aliphatic rings. The molecule has 11 heteroatoms. The summed E-state index contributed by atoms with van der Waals surface area (Å²) < 4.78 is 29.9. The molecule has 0 aliphatic carbocycles. The summed E-state index contributed by atoms with van der Waals surface area (Å²) in [6, 6.07) is 12.6. The maximum atomic E-state index is 14.8. The van der Waals surface area contributed by atoms with Crippen molar-refractivity contribution in [2.45, 2.75) is 17.3 Å². The number of nitrogen functional groups attached to an aromatic ring is 1. The average Bonchev–Trinajstić information content (AvgIpc) is 3.17. The molecule has 32 heavy (non-hydrogen) atoms. The number of nitrogens with two attached hydrogens (primary N) is 1. The molecule has 4 rings (SSSR count). The third kappa shape index (κ3) is 4.37. The fraction of sp³-hybridized carbons (Fsp3) is 0.190. The molecular weight excluding hydrogens is 434 g/mol. The van der Waals surface area contributed by atoms with Crippen LogP contribution in [0.5, 0.6) is 0 Å². The van der Waals surface area contributed by atoms with Crippen LogP contribution in [0.1, 0.15) is 18.0 Å². The normalized spacial score (nSPS) is 12.0. The van der Waals surface area contributed by atoms with E-state index < -0.39 is 11.6 Å². The van der Waals surface area contributed by atoms with Crippen molar-refractivity contribution < 1.29 is 8.78 Å². The van der Waals surface area contributed by atoms with Crippen molar-refractivity contribution in [3.05, 3.63) is 66.0 Å². The van der Waals surface area contributed by atoms with Crippen LogP contribution in [0.3, 0.4) is 0 Å². The minimum atomic E-state index is -0.726. The monoisotopic (exact) mass is 454 g/mol. The summed E-state index contributed by atoms with van der Waals surface area (Å²) in [5.41, 5.74) is 6.72. The number of hydrogen-bond acceptors (Lipinski definition) is 8. The molecule has 8 nitrogen and oxygen atoms in total. The molecule has 1 atom stereocenters. The number of aromatic nitrogens is 6. The van der Waals surface area contributed by atoms with Crippen molar-refractivity contribution >= 4 is 23.7 Å². The fourth-order valence-corrected chi connectivity index (χ4v) is 3.90. The second-order valence-electron chi connectivity index (χ2n) is 7.11. The van der Waals surface area contributed by atoms with E-state index in [0.717, 1.165) is 11.6 Å². The van der Waals surface area contributed by atoms with Gasteiger partial charge in [-0.3, -0.25) is 4.57 Å². The molecule has 0 aliphatic heterocycles. The lowest BCUT2D eigenvalue weighted by Crippen LogP contribution is -2.16. The lowest BCUT2D eigenvalue weighted by Gasteiger charge is -2.16. The summed E-state index contributed by atoms with van der Waals surface area (Å²) in [6.07, 6.45) is 0. The maximum Gasteiger partial charge on any atom is 0.229 e. The van der Waals surface area contributed by atoms with Crippen molar-refractivity contribution in [3.63, 3.8) is 0 Å². The van der Waals surface area contributed by atoms with E-state index in [9.17, 15) is 8.78 Å². The van der Waals surface area contributed by atoms with E-state index in [-0.39, 0.29) is 16.9 Å². The standard InChI is InChI=1S/C21H20F2N8S/c1-12(17-25-19(24)27-20(26-17)30(2)3)32-21-29-28-18(13-7-5-4-6-8-13)31(21)16-10-9-14(22)11-15(16)23/h4-12H,1-3H3,(H2,24,25,26,27)/t12-/m0/s1. The molecule has 0 saturated carbocycles. The minimum absolute atomic E-state index is 0.0992. The van der Waals surface area contributed by atoms with Crippen molar-refractivity contribution in [1.82, 2.24) is 29.7 Å². The lowest BCUT2D eigenvalue weighted by atomic mass is 10.2. The highest BCUT2D eigenvalue weighted by Crippen LogP contribution is 2.36. The Balaban J connectivity index is 1.79. The Kier molecular flexibility index (Phi) is 5.99. The van der Waals surface area contributed by atoms with Gasteiger partial charge in [0.1, 0.15) is 17.5 Å². The van der Waals surface area contributed by atoms with Crippen molar-refractivity contribution in [3.8, 4) is 17.1 Å². The van der Waals surface area contributed by atoms with Crippen LogP contribution in [0, 0.1) is 11.6 Å². The summed E-state index contributed by atoms with van der Waals surface area (Å²) in [4.78, 5) is 14.5. The predicted molar refractivity (Wildman–Crippen MR) is 120 cm³/mol. The van der Waals surface area contributed by atoms with E-state index in [1.807, 2.05) is 37.3 Å². The van der Waals surface area contributed by atoms with Gasteiger partial charge in [-0.25, -0.2) is 8.78 Å². The molecule has 2 N–H and O–H groups in total. The molecule has 4 aromatic rings. The van der Waals surface area contributed by atoms with Gasteiger partial charge in [0.25, 0.3) is 0 Å². The van der Waals surface area contributed by atoms with Crippen molar-refractivity contribution in [2.75, 3.05) is 24.7 Å². The molecular formula is C21H20F2N8S. The molecule has 2 aromatic carbocycles. The van der Waals surface area contributed by atoms with Gasteiger partial charge in [0.15, 0.2) is 11.0 Å². The van der Waals surface area contributed by atoms with E-state index in [4.69, 9.17) is 5.73 Å². The molecule has 2 heterocycles. The molecule has 164 valence electrons. The first-order valence-electron chi connectivity index (χ1n) is 9.65. The topological polar surface area (TPSA) is 98.6 Å². The Labute approximate surface area is 187 Å². The smallest absolute Gasteiger partial charge is 0.229 e. The molecule has 0 amide bonds. The Bertz CT molecular complexity index is 1250. The Morgan fingerprint density at radius 2 is 1.75 bits per heavy atom. The molecule has 0 bridgehead atoms. The number of nitrogens with zero attached hydrogens (tertiary/aromatic N) is 7. The fourth-order valence-electron chi connectivity index (χ4n) is 2.99. The SMILES string of the molecule is C[C@H](Sc1nnc(-c2ccccc2)n1-c1ccc(F)cc1F)c1nc(N)nc(N(C)C)n1. The zero-order chi connectivity index (χ0) is 22.8. The van der Waals surface area contributed by atoms with Crippen LogP contribution in [-0.2, 0) is 0 Å². The maximum absolute atomic E-state index is 14.8. The Hall–Kier alpha value is -3.60. The molecule has 0 spiro atoms. The zero-order valence-electron chi connectivity index (χ0n) is 17.6. The van der Waals surface area contributed by atoms with Crippen molar-refractivity contribution in [2.24, 2.45) is 0 Å². The van der Waals surface area contributed by atoms with E-state index in [1.165, 1.54) is 23.9 Å². The third-order valence-electron chi connectivity index (χ3n) is 4.52. The summed E-state index contributed by atoms with van der Waals surface area (Å²) in [5.74, 6) is 0.00509. The first-order chi connectivity index (χ1) is 15.3. The Morgan fingerprint density at radius 3 is 2.44 bits per heavy atom. The number of rotatable bonds is 6. The van der Waals surface area contributed by atoms with Gasteiger partial charge in [-0.15, -0.1) is 10.2 Å². The van der Waals surface area contributed by atoms with Crippen LogP contribution in [0.4, 0.5) is 20.7 Å². The van der Waals surface area contributed by atoms with Gasteiger partial charge in [0.2, 0.25) is 11.9 Å². The predicted octanol–water partition coefficient (Wildman–Crippen LogP) is 3.90. The molecule has 0 radical (unpaired) electrons. The van der Waals surface area contributed by atoms with Gasteiger partial charge < -0.3 is 10.6 Å². The number of benzene rings is 2. The van der Waals surface area contributed by atoms with Gasteiger partial charge in [-0.05, 0) is 19.1 Å². The minimum Gasteiger partial charge on any atom is -0.368 e. The lowest BCUT2D eigenvalue weighted by molar-refractivity contribution is 0.575. The van der Waals surface area contributed by atoms with Crippen LogP contribution in [-0.4, -0.2) is 43.8 Å². The van der Waals surface area contributed by atoms with Crippen LogP contribution < -0.4 is 10.6 Å². The summed E-state index contributed by atoms with van der Waals surface area (Å²) in [5, 5.41) is 8.65. The highest BCUT2D eigenvalue weighted by atomic mass is 32.2. The van der Waals surface area contributed by atoms with Crippen LogP contribution in [0.25, 0.3) is 17.1 Å². The van der Waals surface area contributed by atoms with Crippen LogP contribution in [0.15, 0.2) is 53.7 Å². The third-order valence-corrected chi connectivity index (χ3v) is 5.56. The molecule has 0 fully saturated rings. The first-order valence-corrected chi connectivity index (χ1v) is 10.5. The molecule has 0 saturated heterocycles. The number of halogens is 2. The van der Waals surface area contributed by atoms with Gasteiger partial charge in [-0.2, -0.15) is 15.0 Å². The summed E-state index contributed by atoms with van der Waals surface area (Å²) in [6.45, 7) is 1.88. The highest BCUT2D eigenvalue weighted by Gasteiger charge is 2.23. The van der Waals surface area contributed by atoms with Crippen LogP contribution >= 0.6 is 11.8 Å². The summed E-state index contributed by atoms with van der Waals surface area (Å²) >= 11 is 1.28. The second-order valence-corrected chi connectivity index (χ2v) is 8.42. The van der Waals surface area contributed by atoms with Gasteiger partial charge in [0, 0.05) is 25.7 Å². The van der Waals surface area contributed by atoms with E-state index in [2.05, 4.69) is 25.1 Å². The quantitative estimate of drug-likeness (QED) is 0.438. The highest BCUT2D eigenvalue weighted by molar-refractivity contribution is 7.99. The number of hydrogen-bond donors (Lipinski definition) is 1. The summed E-state index contributed by atoms with van der Waals surface area (Å²) in [7, 11) is 3.60. The first kappa shape index (κ1) is 21.6. The van der Waals surface area contributed by atoms with E-state index in [1.54, 1.807) is 23.6 Å². The van der Waals surface area contributed by atoms with Crippen molar-refractivity contribution in [1.29, 1.82) is 0 Å². The van der Waals surface area contributed by atoms with Crippen LogP contribution in [0.2, 0.25) is 0 Å². The molecule has 0 unspecified atom stereocenters. The second kappa shape index (κ2) is 8.87. The largest absolute Gasteiger partial charge is 0.368 e. The number of anilines is 2. The van der Waals surface area contributed by atoms with Gasteiger partial charge in [-0.1, -0.05) is 42.1 Å². The van der Waals surface area contributed by atoms with Gasteiger partial charge >= 0.3 is 0 Å². The number of thioether (sulfide) groups is 1. The average molecular weight is 455 g/mol. The van der Waals surface area contributed by atoms with E-state index >= 15 is 0 Å². The zero-order valence-corrected chi connectivity index (χ0v) is 18.4. The van der Waals surface area contributed by atoms with Gasteiger partial charge in [0.05, 0.1) is 10.9 Å². The molecule has 2 aromatic heterocycles.